The molecule has 2 bridgehead atoms. The van der Waals surface area contributed by atoms with Crippen LogP contribution in [0.4, 0.5) is 0 Å². The standard InChI is InChI=1S/C29H33N3O3/c1-29-18-24-23(15-19-9-5-4-6-10-19)31(2)26(29)13-8-14-27(29)32(24)28(33)25-17-22(30-35-25)20-11-7-12-21(16-20)34-3/h4-7,9-12,16-17,23-24,26-27H,8,13-15,18H2,1-3H3/t23-,24+,26-,27+,29-/m1/s1. The maximum absolute atomic E-state index is 14.1. The zero-order valence-electron chi connectivity index (χ0n) is 20.7. The third-order valence-electron chi connectivity index (χ3n) is 8.89. The van der Waals surface area contributed by atoms with Crippen LogP contribution in [-0.4, -0.2) is 59.2 Å². The number of benzene rings is 2. The maximum atomic E-state index is 14.1. The van der Waals surface area contributed by atoms with E-state index >= 15 is 0 Å². The van der Waals surface area contributed by atoms with E-state index in [1.54, 1.807) is 13.2 Å². The fourth-order valence-corrected chi connectivity index (χ4v) is 7.24. The molecular formula is C29H33N3O3. The average Bonchev–Trinajstić information content (AvgIpc) is 3.49. The first-order valence-electron chi connectivity index (χ1n) is 12.7. The molecule has 6 nitrogen and oxygen atoms in total. The van der Waals surface area contributed by atoms with Gasteiger partial charge in [0.2, 0.25) is 5.76 Å². The third kappa shape index (κ3) is 3.57. The van der Waals surface area contributed by atoms with Crippen LogP contribution in [0, 0.1) is 5.41 Å². The number of fused-ring (bicyclic) bond motifs is 1. The molecule has 6 rings (SSSR count). The lowest BCUT2D eigenvalue weighted by Gasteiger charge is -2.51. The van der Waals surface area contributed by atoms with Crippen molar-refractivity contribution in [2.24, 2.45) is 5.41 Å². The number of hydrogen-bond donors (Lipinski definition) is 0. The fraction of sp³-hybridized carbons (Fsp3) is 0.448. The number of likely N-dealkylation sites (tertiary alicyclic amines) is 2. The summed E-state index contributed by atoms with van der Waals surface area (Å²) in [5, 5.41) is 4.25. The van der Waals surface area contributed by atoms with Gasteiger partial charge in [0.15, 0.2) is 0 Å². The highest BCUT2D eigenvalue weighted by atomic mass is 16.5. The second kappa shape index (κ2) is 8.52. The van der Waals surface area contributed by atoms with Crippen LogP contribution in [0.2, 0.25) is 0 Å². The molecule has 1 aliphatic carbocycles. The van der Waals surface area contributed by atoms with Gasteiger partial charge in [0.05, 0.1) is 7.11 Å². The first-order valence-corrected chi connectivity index (χ1v) is 12.7. The number of ether oxygens (including phenoxy) is 1. The second-order valence-electron chi connectivity index (χ2n) is 10.7. The maximum Gasteiger partial charge on any atom is 0.293 e. The van der Waals surface area contributed by atoms with Crippen molar-refractivity contribution < 1.29 is 14.1 Å². The Hall–Kier alpha value is -3.12. The second-order valence-corrected chi connectivity index (χ2v) is 10.7. The normalized spacial score (nSPS) is 29.9. The van der Waals surface area contributed by atoms with Crippen LogP contribution in [0.25, 0.3) is 11.3 Å². The van der Waals surface area contributed by atoms with Gasteiger partial charge in [-0.15, -0.1) is 0 Å². The molecule has 2 aliphatic heterocycles. The van der Waals surface area contributed by atoms with Crippen molar-refractivity contribution in [2.75, 3.05) is 14.2 Å². The lowest BCUT2D eigenvalue weighted by atomic mass is 9.64. The van der Waals surface area contributed by atoms with Gasteiger partial charge in [-0.2, -0.15) is 0 Å². The number of carbonyl (C=O) groups is 1. The van der Waals surface area contributed by atoms with Gasteiger partial charge in [0.1, 0.15) is 11.4 Å². The van der Waals surface area contributed by atoms with Crippen LogP contribution < -0.4 is 4.74 Å². The van der Waals surface area contributed by atoms with Crippen LogP contribution >= 0.6 is 0 Å². The number of rotatable bonds is 5. The Morgan fingerprint density at radius 1 is 1.11 bits per heavy atom. The van der Waals surface area contributed by atoms with Crippen molar-refractivity contribution >= 4 is 5.91 Å². The van der Waals surface area contributed by atoms with Crippen LogP contribution in [0.1, 0.15) is 48.7 Å². The predicted molar refractivity (Wildman–Crippen MR) is 134 cm³/mol. The number of piperidine rings is 1. The first kappa shape index (κ1) is 22.4. The molecule has 0 N–H and O–H groups in total. The Kier molecular flexibility index (Phi) is 5.44. The lowest BCUT2D eigenvalue weighted by Crippen LogP contribution is -2.59. The van der Waals surface area contributed by atoms with Crippen molar-refractivity contribution in [3.63, 3.8) is 0 Å². The van der Waals surface area contributed by atoms with Gasteiger partial charge < -0.3 is 14.2 Å². The Labute approximate surface area is 206 Å². The molecule has 3 aliphatic rings. The van der Waals surface area contributed by atoms with E-state index in [-0.39, 0.29) is 29.4 Å². The van der Waals surface area contributed by atoms with E-state index in [9.17, 15) is 4.79 Å². The largest absolute Gasteiger partial charge is 0.497 e. The number of amides is 1. The lowest BCUT2D eigenvalue weighted by molar-refractivity contribution is -0.00398. The van der Waals surface area contributed by atoms with Gasteiger partial charge in [-0.1, -0.05) is 54.5 Å². The van der Waals surface area contributed by atoms with E-state index in [1.807, 2.05) is 24.3 Å². The smallest absolute Gasteiger partial charge is 0.293 e. The molecule has 3 aromatic rings. The highest BCUT2D eigenvalue weighted by Gasteiger charge is 2.63. The molecule has 182 valence electrons. The minimum Gasteiger partial charge on any atom is -0.497 e. The zero-order valence-corrected chi connectivity index (χ0v) is 20.7. The van der Waals surface area contributed by atoms with Crippen molar-refractivity contribution in [2.45, 2.75) is 63.2 Å². The Bertz CT molecular complexity index is 1220. The average molecular weight is 472 g/mol. The molecule has 1 aromatic heterocycles. The molecule has 3 heterocycles. The summed E-state index contributed by atoms with van der Waals surface area (Å²) in [7, 11) is 3.91. The monoisotopic (exact) mass is 471 g/mol. The predicted octanol–water partition coefficient (Wildman–Crippen LogP) is 5.05. The number of hydrogen-bond acceptors (Lipinski definition) is 5. The summed E-state index contributed by atoms with van der Waals surface area (Å²) in [6.45, 7) is 2.40. The molecule has 1 saturated carbocycles. The van der Waals surface area contributed by atoms with E-state index < -0.39 is 0 Å². The summed E-state index contributed by atoms with van der Waals surface area (Å²) < 4.78 is 11.0. The number of likely N-dealkylation sites (N-methyl/N-ethyl adjacent to an activating group) is 1. The molecule has 1 amide bonds. The summed E-state index contributed by atoms with van der Waals surface area (Å²) in [5.74, 6) is 1.04. The third-order valence-corrected chi connectivity index (χ3v) is 8.89. The quantitative estimate of drug-likeness (QED) is 0.521. The summed E-state index contributed by atoms with van der Waals surface area (Å²) in [6, 6.07) is 21.3. The van der Waals surface area contributed by atoms with E-state index in [0.717, 1.165) is 37.0 Å². The van der Waals surface area contributed by atoms with Crippen molar-refractivity contribution in [1.82, 2.24) is 15.0 Å². The first-order chi connectivity index (χ1) is 17.0. The highest BCUT2D eigenvalue weighted by molar-refractivity contribution is 5.93. The van der Waals surface area contributed by atoms with E-state index in [0.29, 0.717) is 17.5 Å². The molecule has 0 spiro atoms. The van der Waals surface area contributed by atoms with Crippen LogP contribution in [0.3, 0.4) is 0 Å². The van der Waals surface area contributed by atoms with Gasteiger partial charge in [0, 0.05) is 41.2 Å². The Morgan fingerprint density at radius 3 is 2.71 bits per heavy atom. The van der Waals surface area contributed by atoms with E-state index in [1.165, 1.54) is 12.0 Å². The van der Waals surface area contributed by atoms with Crippen LogP contribution in [0.5, 0.6) is 5.75 Å². The summed E-state index contributed by atoms with van der Waals surface area (Å²) in [4.78, 5) is 18.8. The van der Waals surface area contributed by atoms with Crippen LogP contribution in [0.15, 0.2) is 65.2 Å². The van der Waals surface area contributed by atoms with E-state index in [2.05, 4.69) is 59.3 Å². The van der Waals surface area contributed by atoms with E-state index in [4.69, 9.17) is 9.26 Å². The van der Waals surface area contributed by atoms with Gasteiger partial charge in [-0.05, 0) is 56.8 Å². The summed E-state index contributed by atoms with van der Waals surface area (Å²) in [6.07, 6.45) is 5.39. The molecule has 5 atom stereocenters. The van der Waals surface area contributed by atoms with Crippen molar-refractivity contribution in [3.05, 3.63) is 72.0 Å². The van der Waals surface area contributed by atoms with Gasteiger partial charge in [-0.25, -0.2) is 0 Å². The molecule has 2 aromatic carbocycles. The molecule has 0 radical (unpaired) electrons. The molecule has 3 fully saturated rings. The molecular weight excluding hydrogens is 438 g/mol. The number of methoxy groups -OCH3 is 1. The number of carbonyl (C=O) groups excluding carboxylic acids is 1. The SMILES string of the molecule is COc1cccc(-c2cc(C(=O)N3[C@H]4CCC[C@H]5N(C)[C@H](Cc6ccccc6)[C@@H]3C[C@@]45C)on2)c1. The number of aromatic nitrogens is 1. The molecule has 6 heteroatoms. The minimum atomic E-state index is -0.0283. The van der Waals surface area contributed by atoms with Crippen molar-refractivity contribution in [1.29, 1.82) is 0 Å². The minimum absolute atomic E-state index is 0.0283. The Morgan fingerprint density at radius 2 is 1.91 bits per heavy atom. The molecule has 0 unspecified atom stereocenters. The number of nitrogens with zero attached hydrogens (tertiary/aromatic N) is 3. The Balaban J connectivity index is 1.34. The summed E-state index contributed by atoms with van der Waals surface area (Å²) >= 11 is 0. The van der Waals surface area contributed by atoms with Crippen LogP contribution in [-0.2, 0) is 6.42 Å². The highest BCUT2D eigenvalue weighted by Crippen LogP contribution is 2.56. The zero-order chi connectivity index (χ0) is 24.2. The van der Waals surface area contributed by atoms with Crippen molar-refractivity contribution in [3.8, 4) is 17.0 Å². The topological polar surface area (TPSA) is 58.8 Å². The van der Waals surface area contributed by atoms with Gasteiger partial charge in [-0.3, -0.25) is 9.69 Å². The van der Waals surface area contributed by atoms with Gasteiger partial charge in [0.25, 0.3) is 5.91 Å². The summed E-state index contributed by atoms with van der Waals surface area (Å²) in [5.41, 5.74) is 2.96. The molecule has 2 saturated heterocycles. The van der Waals surface area contributed by atoms with Gasteiger partial charge >= 0.3 is 0 Å². The fourth-order valence-electron chi connectivity index (χ4n) is 7.24. The molecule has 35 heavy (non-hydrogen) atoms.